The van der Waals surface area contributed by atoms with Crippen LogP contribution in [0.5, 0.6) is 0 Å². The van der Waals surface area contributed by atoms with Crippen molar-refractivity contribution in [3.8, 4) is 0 Å². The van der Waals surface area contributed by atoms with E-state index >= 15 is 0 Å². The molecule has 0 bridgehead atoms. The van der Waals surface area contributed by atoms with Gasteiger partial charge in [0.1, 0.15) is 0 Å². The van der Waals surface area contributed by atoms with Gasteiger partial charge in [0.25, 0.3) is 0 Å². The fourth-order valence-corrected chi connectivity index (χ4v) is 3.10. The highest BCUT2D eigenvalue weighted by molar-refractivity contribution is 5.77. The van der Waals surface area contributed by atoms with Gasteiger partial charge in [-0.2, -0.15) is 0 Å². The van der Waals surface area contributed by atoms with Crippen molar-refractivity contribution in [1.82, 2.24) is 0 Å². The molecule has 0 saturated heterocycles. The van der Waals surface area contributed by atoms with Crippen LogP contribution in [0.3, 0.4) is 0 Å². The smallest absolute Gasteiger partial charge is 0.469 e. The Morgan fingerprint density at radius 3 is 1.96 bits per heavy atom. The van der Waals surface area contributed by atoms with Crippen molar-refractivity contribution in [2.75, 3.05) is 13.7 Å². The quantitative estimate of drug-likeness (QED) is 0.347. The van der Waals surface area contributed by atoms with Gasteiger partial charge in [0.2, 0.25) is 0 Å². The molecule has 1 N–H and O–H groups in total. The summed E-state index contributed by atoms with van der Waals surface area (Å²) in [6, 6.07) is 9.85. The molecule has 0 aliphatic heterocycles. The number of methoxy groups -OCH3 is 1. The van der Waals surface area contributed by atoms with Crippen LogP contribution in [0.25, 0.3) is 0 Å². The molecule has 0 aliphatic rings. The molecule has 1 unspecified atom stereocenters. The SMILES string of the molecule is COC(=O)C(CCCCCCCCCCCOC(=O)O)c1ccccc1. The standard InChI is InChI=1S/C21H32O5/c1-25-20(22)19(18-14-10-9-11-15-18)16-12-7-5-3-2-4-6-8-13-17-26-21(23)24/h9-11,14-15,19H,2-8,12-13,16-17H2,1H3,(H,23,24). The van der Waals surface area contributed by atoms with Crippen LogP contribution < -0.4 is 0 Å². The zero-order valence-electron chi connectivity index (χ0n) is 15.8. The first-order valence-corrected chi connectivity index (χ1v) is 9.63. The number of benzene rings is 1. The molecule has 0 heterocycles. The molecule has 0 fully saturated rings. The molecule has 1 aromatic rings. The number of carbonyl (C=O) groups is 2. The molecular weight excluding hydrogens is 332 g/mol. The molecule has 0 saturated carbocycles. The van der Waals surface area contributed by atoms with E-state index in [0.29, 0.717) is 6.61 Å². The monoisotopic (exact) mass is 364 g/mol. The fourth-order valence-electron chi connectivity index (χ4n) is 3.10. The number of hydrogen-bond donors (Lipinski definition) is 1. The van der Waals surface area contributed by atoms with E-state index in [1.165, 1.54) is 32.8 Å². The van der Waals surface area contributed by atoms with Crippen LogP contribution in [0, 0.1) is 0 Å². The molecule has 5 nitrogen and oxygen atoms in total. The highest BCUT2D eigenvalue weighted by atomic mass is 16.7. The topological polar surface area (TPSA) is 72.8 Å². The van der Waals surface area contributed by atoms with Crippen LogP contribution in [-0.2, 0) is 14.3 Å². The Morgan fingerprint density at radius 2 is 1.42 bits per heavy atom. The molecule has 146 valence electrons. The van der Waals surface area contributed by atoms with Gasteiger partial charge in [-0.1, -0.05) is 81.7 Å². The second kappa shape index (κ2) is 14.2. The Morgan fingerprint density at radius 1 is 0.885 bits per heavy atom. The molecule has 1 rings (SSSR count). The van der Waals surface area contributed by atoms with Crippen LogP contribution in [0.15, 0.2) is 30.3 Å². The van der Waals surface area contributed by atoms with Gasteiger partial charge in [-0.3, -0.25) is 4.79 Å². The average molecular weight is 364 g/mol. The predicted molar refractivity (Wildman–Crippen MR) is 101 cm³/mol. The molecule has 5 heteroatoms. The van der Waals surface area contributed by atoms with E-state index in [9.17, 15) is 9.59 Å². The van der Waals surface area contributed by atoms with E-state index in [1.807, 2.05) is 30.3 Å². The minimum atomic E-state index is -1.19. The Labute approximate surface area is 156 Å². The maximum absolute atomic E-state index is 12.0. The van der Waals surface area contributed by atoms with Gasteiger partial charge >= 0.3 is 12.1 Å². The van der Waals surface area contributed by atoms with Crippen molar-refractivity contribution in [3.63, 3.8) is 0 Å². The van der Waals surface area contributed by atoms with Crippen LogP contribution in [-0.4, -0.2) is 30.9 Å². The Kier molecular flexibility index (Phi) is 12.0. The normalized spacial score (nSPS) is 11.7. The lowest BCUT2D eigenvalue weighted by molar-refractivity contribution is -0.142. The molecule has 0 amide bonds. The van der Waals surface area contributed by atoms with Crippen molar-refractivity contribution in [3.05, 3.63) is 35.9 Å². The van der Waals surface area contributed by atoms with Gasteiger partial charge in [0.15, 0.2) is 0 Å². The van der Waals surface area contributed by atoms with Gasteiger partial charge in [-0.05, 0) is 18.4 Å². The van der Waals surface area contributed by atoms with Crippen LogP contribution >= 0.6 is 0 Å². The summed E-state index contributed by atoms with van der Waals surface area (Å²) in [5.41, 5.74) is 1.03. The first-order valence-electron chi connectivity index (χ1n) is 9.63. The number of unbranched alkanes of at least 4 members (excludes halogenated alkanes) is 8. The number of carbonyl (C=O) groups excluding carboxylic acids is 1. The molecule has 1 aromatic carbocycles. The van der Waals surface area contributed by atoms with E-state index < -0.39 is 6.16 Å². The molecule has 1 atom stereocenters. The van der Waals surface area contributed by atoms with Gasteiger partial charge in [0.05, 0.1) is 19.6 Å². The third-order valence-electron chi connectivity index (χ3n) is 4.55. The number of ether oxygens (including phenoxy) is 2. The zero-order valence-corrected chi connectivity index (χ0v) is 15.8. The van der Waals surface area contributed by atoms with E-state index in [-0.39, 0.29) is 11.9 Å². The van der Waals surface area contributed by atoms with E-state index in [0.717, 1.165) is 44.1 Å². The first kappa shape index (κ1) is 22.0. The molecule has 0 aliphatic carbocycles. The van der Waals surface area contributed by atoms with Crippen LogP contribution in [0.4, 0.5) is 4.79 Å². The highest BCUT2D eigenvalue weighted by Gasteiger charge is 2.20. The van der Waals surface area contributed by atoms with E-state index in [4.69, 9.17) is 9.84 Å². The van der Waals surface area contributed by atoms with Crippen LogP contribution in [0.1, 0.15) is 75.7 Å². The van der Waals surface area contributed by atoms with Gasteiger partial charge in [0, 0.05) is 0 Å². The number of carboxylic acid groups (broad SMARTS) is 1. The van der Waals surface area contributed by atoms with Crippen molar-refractivity contribution in [2.45, 2.75) is 70.1 Å². The van der Waals surface area contributed by atoms with E-state index in [1.54, 1.807) is 0 Å². The highest BCUT2D eigenvalue weighted by Crippen LogP contribution is 2.24. The summed E-state index contributed by atoms with van der Waals surface area (Å²) >= 11 is 0. The Hall–Kier alpha value is -2.04. The Bertz CT molecular complexity index is 500. The maximum Gasteiger partial charge on any atom is 0.505 e. The second-order valence-corrected chi connectivity index (χ2v) is 6.57. The molecule has 0 spiro atoms. The summed E-state index contributed by atoms with van der Waals surface area (Å²) in [4.78, 5) is 22.2. The minimum Gasteiger partial charge on any atom is -0.469 e. The Balaban J connectivity index is 2.05. The van der Waals surface area contributed by atoms with Crippen molar-refractivity contribution >= 4 is 12.1 Å². The molecule has 26 heavy (non-hydrogen) atoms. The largest absolute Gasteiger partial charge is 0.505 e. The summed E-state index contributed by atoms with van der Waals surface area (Å²) < 4.78 is 9.42. The van der Waals surface area contributed by atoms with E-state index in [2.05, 4.69) is 4.74 Å². The summed E-state index contributed by atoms with van der Waals surface area (Å²) in [5.74, 6) is -0.308. The lowest BCUT2D eigenvalue weighted by Gasteiger charge is -2.14. The van der Waals surface area contributed by atoms with Gasteiger partial charge < -0.3 is 14.6 Å². The van der Waals surface area contributed by atoms with Gasteiger partial charge in [-0.15, -0.1) is 0 Å². The first-order chi connectivity index (χ1) is 12.6. The average Bonchev–Trinajstić information content (AvgIpc) is 2.65. The second-order valence-electron chi connectivity index (χ2n) is 6.57. The van der Waals surface area contributed by atoms with Crippen molar-refractivity contribution < 1.29 is 24.2 Å². The fraction of sp³-hybridized carbons (Fsp3) is 0.619. The lowest BCUT2D eigenvalue weighted by Crippen LogP contribution is -2.14. The molecule has 0 aromatic heterocycles. The number of rotatable bonds is 14. The summed E-state index contributed by atoms with van der Waals surface area (Å²) in [6.45, 7) is 0.304. The zero-order chi connectivity index (χ0) is 19.0. The lowest BCUT2D eigenvalue weighted by atomic mass is 9.93. The maximum atomic E-state index is 12.0. The van der Waals surface area contributed by atoms with Crippen LogP contribution in [0.2, 0.25) is 0 Å². The third-order valence-corrected chi connectivity index (χ3v) is 4.55. The van der Waals surface area contributed by atoms with Gasteiger partial charge in [-0.25, -0.2) is 4.79 Å². The number of esters is 1. The summed E-state index contributed by atoms with van der Waals surface area (Å²) in [7, 11) is 1.45. The predicted octanol–water partition coefficient (Wildman–Crippen LogP) is 5.54. The minimum absolute atomic E-state index is 0.150. The molecule has 0 radical (unpaired) electrons. The third kappa shape index (κ3) is 10.1. The summed E-state index contributed by atoms with van der Waals surface area (Å²) in [6.07, 6.45) is 9.54. The summed E-state index contributed by atoms with van der Waals surface area (Å²) in [5, 5.41) is 8.35. The molecular formula is C21H32O5. The van der Waals surface area contributed by atoms with Crippen molar-refractivity contribution in [1.29, 1.82) is 0 Å². The van der Waals surface area contributed by atoms with Crippen molar-refractivity contribution in [2.24, 2.45) is 0 Å². The number of hydrogen-bond acceptors (Lipinski definition) is 4.